The third-order valence-electron chi connectivity index (χ3n) is 5.13. The van der Waals surface area contributed by atoms with Crippen LogP contribution in [0.1, 0.15) is 81.7 Å². The van der Waals surface area contributed by atoms with E-state index in [4.69, 9.17) is 0 Å². The van der Waals surface area contributed by atoms with Crippen LogP contribution in [0.2, 0.25) is 0 Å². The molecule has 1 aliphatic carbocycles. The number of rotatable bonds is 8. The molecular formula is C19H33NS. The number of thiophene rings is 1. The van der Waals surface area contributed by atoms with Gasteiger partial charge in [-0.2, -0.15) is 0 Å². The van der Waals surface area contributed by atoms with E-state index in [1.165, 1.54) is 56.9 Å². The van der Waals surface area contributed by atoms with Crippen molar-refractivity contribution in [3.05, 3.63) is 21.9 Å². The summed E-state index contributed by atoms with van der Waals surface area (Å²) in [6, 6.07) is 2.89. The summed E-state index contributed by atoms with van der Waals surface area (Å²) in [5.41, 5.74) is 1.49. The largest absolute Gasteiger partial charge is 0.309 e. The van der Waals surface area contributed by atoms with Crippen LogP contribution in [0, 0.1) is 18.8 Å². The molecule has 0 bridgehead atoms. The summed E-state index contributed by atoms with van der Waals surface area (Å²) in [6.45, 7) is 8.01. The highest BCUT2D eigenvalue weighted by Crippen LogP contribution is 2.40. The van der Waals surface area contributed by atoms with Gasteiger partial charge in [0.1, 0.15) is 0 Å². The molecule has 1 aliphatic rings. The third kappa shape index (κ3) is 4.82. The van der Waals surface area contributed by atoms with Gasteiger partial charge in [0.2, 0.25) is 0 Å². The first kappa shape index (κ1) is 17.0. The molecule has 1 N–H and O–H groups in total. The Balaban J connectivity index is 1.94. The number of hydrogen-bond donors (Lipinski definition) is 1. The van der Waals surface area contributed by atoms with Gasteiger partial charge in [-0.15, -0.1) is 11.3 Å². The van der Waals surface area contributed by atoms with Crippen molar-refractivity contribution in [2.24, 2.45) is 11.8 Å². The third-order valence-corrected chi connectivity index (χ3v) is 6.23. The predicted octanol–water partition coefficient (Wildman–Crippen LogP) is 6.09. The van der Waals surface area contributed by atoms with Crippen molar-refractivity contribution in [1.29, 1.82) is 0 Å². The van der Waals surface area contributed by atoms with Gasteiger partial charge >= 0.3 is 0 Å². The molecular weight excluding hydrogens is 274 g/mol. The number of aryl methyl sites for hydroxylation is 1. The standard InChI is InChI=1S/C19H33NS/c1-4-6-7-16-8-10-17(11-9-16)18(20-13-5-2)19-15(3)12-14-21-19/h12,14,16-18,20H,4-11,13H2,1-3H3. The predicted molar refractivity (Wildman–Crippen MR) is 95.1 cm³/mol. The second-order valence-electron chi connectivity index (χ2n) is 6.82. The fourth-order valence-corrected chi connectivity index (χ4v) is 4.87. The van der Waals surface area contributed by atoms with E-state index in [0.717, 1.165) is 18.4 Å². The van der Waals surface area contributed by atoms with Crippen molar-refractivity contribution in [3.8, 4) is 0 Å². The smallest absolute Gasteiger partial charge is 0.0446 e. The molecule has 1 aromatic rings. The van der Waals surface area contributed by atoms with E-state index >= 15 is 0 Å². The first-order valence-electron chi connectivity index (χ1n) is 9.03. The lowest BCUT2D eigenvalue weighted by atomic mass is 9.76. The van der Waals surface area contributed by atoms with Crippen LogP contribution < -0.4 is 5.32 Å². The topological polar surface area (TPSA) is 12.0 Å². The fourth-order valence-electron chi connectivity index (χ4n) is 3.78. The summed E-state index contributed by atoms with van der Waals surface area (Å²) in [4.78, 5) is 1.60. The summed E-state index contributed by atoms with van der Waals surface area (Å²) in [5, 5.41) is 6.11. The molecule has 0 spiro atoms. The molecule has 1 aromatic heterocycles. The molecule has 1 unspecified atom stereocenters. The maximum Gasteiger partial charge on any atom is 0.0446 e. The van der Waals surface area contributed by atoms with Crippen molar-refractivity contribution < 1.29 is 0 Å². The van der Waals surface area contributed by atoms with E-state index in [0.29, 0.717) is 6.04 Å². The van der Waals surface area contributed by atoms with Gasteiger partial charge in [0.05, 0.1) is 0 Å². The van der Waals surface area contributed by atoms with Gasteiger partial charge in [-0.1, -0.05) is 46.0 Å². The molecule has 21 heavy (non-hydrogen) atoms. The molecule has 1 nitrogen and oxygen atoms in total. The average Bonchev–Trinajstić information content (AvgIpc) is 2.93. The normalized spacial score (nSPS) is 24.1. The Hall–Kier alpha value is -0.340. The maximum absolute atomic E-state index is 3.85. The molecule has 0 aliphatic heterocycles. The summed E-state index contributed by atoms with van der Waals surface area (Å²) in [7, 11) is 0. The molecule has 1 saturated carbocycles. The lowest BCUT2D eigenvalue weighted by molar-refractivity contribution is 0.214. The van der Waals surface area contributed by atoms with E-state index in [2.05, 4.69) is 37.5 Å². The fraction of sp³-hybridized carbons (Fsp3) is 0.789. The molecule has 2 heteroatoms. The number of unbranched alkanes of at least 4 members (excludes halogenated alkanes) is 1. The van der Waals surface area contributed by atoms with Crippen LogP contribution in [-0.4, -0.2) is 6.54 Å². The highest BCUT2D eigenvalue weighted by atomic mass is 32.1. The minimum atomic E-state index is 0.608. The van der Waals surface area contributed by atoms with E-state index in [1.54, 1.807) is 4.88 Å². The Bertz CT molecular complexity index is 390. The van der Waals surface area contributed by atoms with E-state index in [9.17, 15) is 0 Å². The molecule has 0 saturated heterocycles. The Morgan fingerprint density at radius 1 is 1.19 bits per heavy atom. The Kier molecular flexibility index (Phi) is 7.25. The summed E-state index contributed by atoms with van der Waals surface area (Å²) >= 11 is 1.95. The highest BCUT2D eigenvalue weighted by Gasteiger charge is 2.29. The second kappa shape index (κ2) is 8.95. The van der Waals surface area contributed by atoms with Crippen LogP contribution in [0.25, 0.3) is 0 Å². The van der Waals surface area contributed by atoms with Gasteiger partial charge in [-0.05, 0) is 61.6 Å². The molecule has 120 valence electrons. The zero-order chi connectivity index (χ0) is 15.1. The van der Waals surface area contributed by atoms with Crippen molar-refractivity contribution in [2.45, 2.75) is 78.2 Å². The van der Waals surface area contributed by atoms with Crippen LogP contribution >= 0.6 is 11.3 Å². The minimum absolute atomic E-state index is 0.608. The van der Waals surface area contributed by atoms with Crippen molar-refractivity contribution >= 4 is 11.3 Å². The van der Waals surface area contributed by atoms with Gasteiger partial charge in [0.25, 0.3) is 0 Å². The summed E-state index contributed by atoms with van der Waals surface area (Å²) in [5.74, 6) is 1.87. The summed E-state index contributed by atoms with van der Waals surface area (Å²) in [6.07, 6.45) is 11.2. The van der Waals surface area contributed by atoms with Gasteiger partial charge < -0.3 is 5.32 Å². The number of nitrogens with one attached hydrogen (secondary N) is 1. The van der Waals surface area contributed by atoms with Crippen molar-refractivity contribution in [2.75, 3.05) is 6.54 Å². The van der Waals surface area contributed by atoms with Crippen molar-refractivity contribution in [1.82, 2.24) is 5.32 Å². The average molecular weight is 308 g/mol. The monoisotopic (exact) mass is 307 g/mol. The zero-order valence-electron chi connectivity index (χ0n) is 14.2. The minimum Gasteiger partial charge on any atom is -0.309 e. The van der Waals surface area contributed by atoms with E-state index < -0.39 is 0 Å². The van der Waals surface area contributed by atoms with E-state index in [-0.39, 0.29) is 0 Å². The molecule has 0 amide bonds. The molecule has 1 heterocycles. The molecule has 0 aromatic carbocycles. The quantitative estimate of drug-likeness (QED) is 0.612. The molecule has 1 fully saturated rings. The molecule has 0 radical (unpaired) electrons. The molecule has 2 rings (SSSR count). The van der Waals surface area contributed by atoms with Crippen LogP contribution in [0.3, 0.4) is 0 Å². The first-order chi connectivity index (χ1) is 10.3. The first-order valence-corrected chi connectivity index (χ1v) is 9.91. The lowest BCUT2D eigenvalue weighted by Gasteiger charge is -2.34. The van der Waals surface area contributed by atoms with Crippen molar-refractivity contribution in [3.63, 3.8) is 0 Å². The Morgan fingerprint density at radius 2 is 1.95 bits per heavy atom. The number of hydrogen-bond acceptors (Lipinski definition) is 2. The maximum atomic E-state index is 3.85. The lowest BCUT2D eigenvalue weighted by Crippen LogP contribution is -2.31. The molecule has 1 atom stereocenters. The van der Waals surface area contributed by atoms with Crippen LogP contribution in [0.4, 0.5) is 0 Å². The van der Waals surface area contributed by atoms with E-state index in [1.807, 2.05) is 11.3 Å². The highest BCUT2D eigenvalue weighted by molar-refractivity contribution is 7.10. The zero-order valence-corrected chi connectivity index (χ0v) is 15.0. The van der Waals surface area contributed by atoms with Crippen LogP contribution in [-0.2, 0) is 0 Å². The second-order valence-corrected chi connectivity index (χ2v) is 7.77. The van der Waals surface area contributed by atoms with Gasteiger partial charge in [-0.25, -0.2) is 0 Å². The SMILES string of the molecule is CCCCC1CCC(C(NCCC)c2sccc2C)CC1. The van der Waals surface area contributed by atoms with Gasteiger partial charge in [0, 0.05) is 10.9 Å². The van der Waals surface area contributed by atoms with Gasteiger partial charge in [0.15, 0.2) is 0 Å². The van der Waals surface area contributed by atoms with Gasteiger partial charge in [-0.3, -0.25) is 0 Å². The van der Waals surface area contributed by atoms with Crippen LogP contribution in [0.15, 0.2) is 11.4 Å². The summed E-state index contributed by atoms with van der Waals surface area (Å²) < 4.78 is 0. The Labute approximate surface area is 135 Å². The Morgan fingerprint density at radius 3 is 2.52 bits per heavy atom. The van der Waals surface area contributed by atoms with Crippen LogP contribution in [0.5, 0.6) is 0 Å².